The standard InChI is InChI=1S/C19H34N4O4S/c24-18-9-6-11-21(18)12-7-10-20-19(25)17-8-5-15-23(16-17)28(26,27)22-13-3-1-2-4-14-22/h17H,1-16H2,(H,20,25). The number of rotatable bonds is 7. The van der Waals surface area contributed by atoms with Gasteiger partial charge in [0, 0.05) is 52.2 Å². The molecule has 160 valence electrons. The van der Waals surface area contributed by atoms with Crippen LogP contribution in [-0.2, 0) is 19.8 Å². The van der Waals surface area contributed by atoms with E-state index in [1.807, 2.05) is 4.90 Å². The van der Waals surface area contributed by atoms with E-state index < -0.39 is 10.2 Å². The van der Waals surface area contributed by atoms with Gasteiger partial charge in [0.15, 0.2) is 0 Å². The zero-order chi connectivity index (χ0) is 20.0. The van der Waals surface area contributed by atoms with E-state index in [0.717, 1.165) is 51.5 Å². The van der Waals surface area contributed by atoms with Crippen molar-refractivity contribution in [3.05, 3.63) is 0 Å². The molecule has 0 aromatic rings. The van der Waals surface area contributed by atoms with Crippen molar-refractivity contribution >= 4 is 22.0 Å². The maximum absolute atomic E-state index is 13.0. The second kappa shape index (κ2) is 10.0. The summed E-state index contributed by atoms with van der Waals surface area (Å²) in [6, 6.07) is 0. The summed E-state index contributed by atoms with van der Waals surface area (Å²) in [6.07, 6.45) is 7.73. The van der Waals surface area contributed by atoms with Crippen molar-refractivity contribution in [2.45, 2.75) is 57.8 Å². The van der Waals surface area contributed by atoms with E-state index in [9.17, 15) is 18.0 Å². The van der Waals surface area contributed by atoms with E-state index in [1.54, 1.807) is 4.31 Å². The van der Waals surface area contributed by atoms with Crippen LogP contribution in [0.25, 0.3) is 0 Å². The Hall–Kier alpha value is -1.19. The minimum atomic E-state index is -3.47. The first-order valence-corrected chi connectivity index (χ1v) is 12.2. The maximum Gasteiger partial charge on any atom is 0.281 e. The molecule has 3 saturated heterocycles. The lowest BCUT2D eigenvalue weighted by atomic mass is 9.99. The fourth-order valence-electron chi connectivity index (χ4n) is 4.37. The molecule has 8 nitrogen and oxygen atoms in total. The highest BCUT2D eigenvalue weighted by molar-refractivity contribution is 7.86. The van der Waals surface area contributed by atoms with Gasteiger partial charge in [-0.3, -0.25) is 9.59 Å². The SMILES string of the molecule is O=C(NCCCN1CCCC1=O)C1CCCN(S(=O)(=O)N2CCCCCC2)C1. The molecule has 0 bridgehead atoms. The first-order chi connectivity index (χ1) is 13.5. The maximum atomic E-state index is 13.0. The average Bonchev–Trinajstić information content (AvgIpc) is 2.93. The van der Waals surface area contributed by atoms with Crippen LogP contribution >= 0.6 is 0 Å². The number of amides is 2. The Labute approximate surface area is 168 Å². The number of nitrogens with zero attached hydrogens (tertiary/aromatic N) is 3. The molecule has 2 amide bonds. The molecule has 0 aliphatic carbocycles. The third-order valence-corrected chi connectivity index (χ3v) is 8.05. The highest BCUT2D eigenvalue weighted by atomic mass is 32.2. The number of likely N-dealkylation sites (tertiary alicyclic amines) is 1. The molecule has 28 heavy (non-hydrogen) atoms. The van der Waals surface area contributed by atoms with Gasteiger partial charge < -0.3 is 10.2 Å². The van der Waals surface area contributed by atoms with Crippen molar-refractivity contribution in [3.8, 4) is 0 Å². The molecule has 1 unspecified atom stereocenters. The second-order valence-corrected chi connectivity index (χ2v) is 10.1. The van der Waals surface area contributed by atoms with Gasteiger partial charge in [-0.05, 0) is 38.5 Å². The lowest BCUT2D eigenvalue weighted by Crippen LogP contribution is -2.50. The van der Waals surface area contributed by atoms with Crippen LogP contribution in [0.3, 0.4) is 0 Å². The summed E-state index contributed by atoms with van der Waals surface area (Å²) in [6.45, 7) is 3.97. The molecule has 0 saturated carbocycles. The Bertz CT molecular complexity index is 646. The fourth-order valence-corrected chi connectivity index (χ4v) is 6.14. The summed E-state index contributed by atoms with van der Waals surface area (Å²) in [5.74, 6) is -0.152. The summed E-state index contributed by atoms with van der Waals surface area (Å²) in [5.41, 5.74) is 0. The number of hydrogen-bond donors (Lipinski definition) is 1. The molecule has 3 aliphatic rings. The predicted molar refractivity (Wildman–Crippen MR) is 107 cm³/mol. The lowest BCUT2D eigenvalue weighted by Gasteiger charge is -2.34. The molecule has 0 spiro atoms. The molecule has 3 aliphatic heterocycles. The highest BCUT2D eigenvalue weighted by Gasteiger charge is 2.35. The monoisotopic (exact) mass is 414 g/mol. The normalized spacial score (nSPS) is 25.6. The first kappa shape index (κ1) is 21.5. The van der Waals surface area contributed by atoms with Gasteiger partial charge in [0.1, 0.15) is 0 Å². The summed E-state index contributed by atoms with van der Waals surface area (Å²) < 4.78 is 29.1. The second-order valence-electron chi connectivity index (χ2n) is 8.15. The van der Waals surface area contributed by atoms with Crippen molar-refractivity contribution in [3.63, 3.8) is 0 Å². The zero-order valence-electron chi connectivity index (χ0n) is 16.8. The molecule has 1 N–H and O–H groups in total. The van der Waals surface area contributed by atoms with Crippen molar-refractivity contribution in [2.75, 3.05) is 45.8 Å². The minimum Gasteiger partial charge on any atom is -0.356 e. The van der Waals surface area contributed by atoms with Crippen LogP contribution < -0.4 is 5.32 Å². The number of carbonyl (C=O) groups is 2. The Kier molecular flexibility index (Phi) is 7.70. The molecule has 0 aromatic heterocycles. The molecular weight excluding hydrogens is 380 g/mol. The first-order valence-electron chi connectivity index (χ1n) is 10.8. The number of hydrogen-bond acceptors (Lipinski definition) is 4. The van der Waals surface area contributed by atoms with E-state index in [4.69, 9.17) is 0 Å². The van der Waals surface area contributed by atoms with Gasteiger partial charge in [-0.15, -0.1) is 0 Å². The zero-order valence-corrected chi connectivity index (χ0v) is 17.6. The van der Waals surface area contributed by atoms with Crippen LogP contribution in [0.2, 0.25) is 0 Å². The van der Waals surface area contributed by atoms with Crippen LogP contribution in [0, 0.1) is 5.92 Å². The van der Waals surface area contributed by atoms with Crippen LogP contribution in [-0.4, -0.2) is 79.6 Å². The molecule has 0 aromatic carbocycles. The van der Waals surface area contributed by atoms with E-state index >= 15 is 0 Å². The smallest absolute Gasteiger partial charge is 0.281 e. The third-order valence-electron chi connectivity index (χ3n) is 6.05. The molecule has 0 radical (unpaired) electrons. The van der Waals surface area contributed by atoms with Crippen molar-refractivity contribution < 1.29 is 18.0 Å². The van der Waals surface area contributed by atoms with E-state index in [0.29, 0.717) is 45.6 Å². The third kappa shape index (κ3) is 5.45. The van der Waals surface area contributed by atoms with E-state index in [2.05, 4.69) is 5.32 Å². The quantitative estimate of drug-likeness (QED) is 0.628. The Morgan fingerprint density at radius 3 is 2.36 bits per heavy atom. The summed E-state index contributed by atoms with van der Waals surface area (Å²) in [5, 5.41) is 2.94. The minimum absolute atomic E-state index is 0.0662. The van der Waals surface area contributed by atoms with E-state index in [1.165, 1.54) is 4.31 Å². The van der Waals surface area contributed by atoms with Gasteiger partial charge in [-0.25, -0.2) is 0 Å². The summed E-state index contributed by atoms with van der Waals surface area (Å²) in [4.78, 5) is 26.0. The largest absolute Gasteiger partial charge is 0.356 e. The summed E-state index contributed by atoms with van der Waals surface area (Å²) in [7, 11) is -3.47. The number of nitrogens with one attached hydrogen (secondary N) is 1. The molecule has 3 fully saturated rings. The molecule has 1 atom stereocenters. The number of piperidine rings is 1. The van der Waals surface area contributed by atoms with Crippen molar-refractivity contribution in [1.29, 1.82) is 0 Å². The topological polar surface area (TPSA) is 90.0 Å². The van der Waals surface area contributed by atoms with Gasteiger partial charge in [0.05, 0.1) is 5.92 Å². The van der Waals surface area contributed by atoms with Crippen LogP contribution in [0.1, 0.15) is 57.8 Å². The molecule has 3 heterocycles. The summed E-state index contributed by atoms with van der Waals surface area (Å²) >= 11 is 0. The lowest BCUT2D eigenvalue weighted by molar-refractivity contribution is -0.127. The molecule has 9 heteroatoms. The van der Waals surface area contributed by atoms with Crippen LogP contribution in [0.5, 0.6) is 0 Å². The van der Waals surface area contributed by atoms with Gasteiger partial charge >= 0.3 is 0 Å². The van der Waals surface area contributed by atoms with Crippen LogP contribution in [0.4, 0.5) is 0 Å². The Morgan fingerprint density at radius 2 is 1.68 bits per heavy atom. The highest BCUT2D eigenvalue weighted by Crippen LogP contribution is 2.23. The van der Waals surface area contributed by atoms with Gasteiger partial charge in [0.2, 0.25) is 11.8 Å². The average molecular weight is 415 g/mol. The molecule has 3 rings (SSSR count). The van der Waals surface area contributed by atoms with Crippen molar-refractivity contribution in [1.82, 2.24) is 18.8 Å². The van der Waals surface area contributed by atoms with Crippen molar-refractivity contribution in [2.24, 2.45) is 5.92 Å². The number of carbonyl (C=O) groups excluding carboxylic acids is 2. The molecular formula is C19H34N4O4S. The van der Waals surface area contributed by atoms with Gasteiger partial charge in [-0.2, -0.15) is 17.0 Å². The van der Waals surface area contributed by atoms with E-state index in [-0.39, 0.29) is 24.3 Å². The predicted octanol–water partition coefficient (Wildman–Crippen LogP) is 0.948. The fraction of sp³-hybridized carbons (Fsp3) is 0.895. The Morgan fingerprint density at radius 1 is 0.964 bits per heavy atom. The van der Waals surface area contributed by atoms with Crippen LogP contribution in [0.15, 0.2) is 0 Å². The Balaban J connectivity index is 1.45. The van der Waals surface area contributed by atoms with Gasteiger partial charge in [0.25, 0.3) is 10.2 Å². The van der Waals surface area contributed by atoms with Gasteiger partial charge in [-0.1, -0.05) is 12.8 Å².